The third kappa shape index (κ3) is 2.05. The number of nitrogens with two attached hydrogens (primary N) is 1. The molecule has 4 heteroatoms. The molecular formula is C10H12ClNO2. The molecule has 1 rings (SSSR count). The Morgan fingerprint density at radius 1 is 1.57 bits per heavy atom. The van der Waals surface area contributed by atoms with Gasteiger partial charge in [0.25, 0.3) is 0 Å². The van der Waals surface area contributed by atoms with E-state index in [2.05, 4.69) is 0 Å². The van der Waals surface area contributed by atoms with E-state index in [1.54, 1.807) is 19.9 Å². The van der Waals surface area contributed by atoms with Crippen molar-refractivity contribution in [3.05, 3.63) is 28.3 Å². The largest absolute Gasteiger partial charge is 0.506 e. The van der Waals surface area contributed by atoms with Crippen molar-refractivity contribution in [1.29, 1.82) is 0 Å². The highest BCUT2D eigenvalue weighted by Gasteiger charge is 2.15. The molecule has 0 spiro atoms. The summed E-state index contributed by atoms with van der Waals surface area (Å²) in [5, 5.41) is 9.57. The van der Waals surface area contributed by atoms with E-state index in [-0.39, 0.29) is 16.6 Å². The maximum atomic E-state index is 11.5. The summed E-state index contributed by atoms with van der Waals surface area (Å²) in [6.45, 7) is 3.36. The molecule has 1 atom stereocenters. The maximum absolute atomic E-state index is 11.5. The van der Waals surface area contributed by atoms with Gasteiger partial charge in [-0.15, -0.1) is 0 Å². The Morgan fingerprint density at radius 3 is 2.64 bits per heavy atom. The predicted octanol–water partition coefficient (Wildman–Crippen LogP) is 1.88. The summed E-state index contributed by atoms with van der Waals surface area (Å²) in [5.74, 6) is -0.296. The zero-order valence-corrected chi connectivity index (χ0v) is 8.80. The second kappa shape index (κ2) is 3.98. The number of phenolic OH excluding ortho intramolecular Hbond substituents is 1. The molecule has 76 valence electrons. The number of Topliss-reactive ketones (excluding diaryl/α,β-unsaturated/α-hetero) is 1. The molecule has 3 N–H and O–H groups in total. The zero-order valence-electron chi connectivity index (χ0n) is 8.04. The third-order valence-electron chi connectivity index (χ3n) is 1.97. The number of aryl methyl sites for hydroxylation is 1. The average molecular weight is 214 g/mol. The van der Waals surface area contributed by atoms with Crippen LogP contribution in [0.25, 0.3) is 0 Å². The van der Waals surface area contributed by atoms with Gasteiger partial charge in [-0.1, -0.05) is 11.6 Å². The topological polar surface area (TPSA) is 63.3 Å². The van der Waals surface area contributed by atoms with Crippen molar-refractivity contribution in [2.45, 2.75) is 19.9 Å². The molecule has 0 aliphatic heterocycles. The van der Waals surface area contributed by atoms with Crippen LogP contribution in [0.15, 0.2) is 12.1 Å². The smallest absolute Gasteiger partial charge is 0.179 e. The molecule has 1 unspecified atom stereocenters. The van der Waals surface area contributed by atoms with Crippen LogP contribution in [0, 0.1) is 6.92 Å². The Morgan fingerprint density at radius 2 is 2.14 bits per heavy atom. The van der Waals surface area contributed by atoms with Gasteiger partial charge in [0, 0.05) is 5.56 Å². The molecule has 0 saturated carbocycles. The molecule has 1 aromatic rings. The van der Waals surface area contributed by atoms with E-state index in [9.17, 15) is 9.90 Å². The Kier molecular flexibility index (Phi) is 3.13. The Bertz CT molecular complexity index is 375. The minimum Gasteiger partial charge on any atom is -0.506 e. The molecule has 0 fully saturated rings. The van der Waals surface area contributed by atoms with Gasteiger partial charge in [0.05, 0.1) is 11.1 Å². The van der Waals surface area contributed by atoms with Crippen LogP contribution in [-0.2, 0) is 0 Å². The van der Waals surface area contributed by atoms with Gasteiger partial charge in [-0.25, -0.2) is 0 Å². The minimum atomic E-state index is -0.575. The lowest BCUT2D eigenvalue weighted by Gasteiger charge is -2.09. The lowest BCUT2D eigenvalue weighted by atomic mass is 10.0. The van der Waals surface area contributed by atoms with E-state index >= 15 is 0 Å². The number of halogens is 1. The lowest BCUT2D eigenvalue weighted by Crippen LogP contribution is -2.27. The molecule has 0 aliphatic carbocycles. The van der Waals surface area contributed by atoms with E-state index < -0.39 is 6.04 Å². The fourth-order valence-electron chi connectivity index (χ4n) is 1.17. The fraction of sp³-hybridized carbons (Fsp3) is 0.300. The van der Waals surface area contributed by atoms with Crippen molar-refractivity contribution >= 4 is 17.4 Å². The van der Waals surface area contributed by atoms with Crippen molar-refractivity contribution in [3.8, 4) is 5.75 Å². The molecule has 0 saturated heterocycles. The van der Waals surface area contributed by atoms with Gasteiger partial charge in [-0.2, -0.15) is 0 Å². The number of rotatable bonds is 2. The lowest BCUT2D eigenvalue weighted by molar-refractivity contribution is 0.0967. The average Bonchev–Trinajstić information content (AvgIpc) is 2.10. The summed E-state index contributed by atoms with van der Waals surface area (Å²) in [6.07, 6.45) is 0. The van der Waals surface area contributed by atoms with Gasteiger partial charge in [0.2, 0.25) is 0 Å². The molecule has 1 aromatic carbocycles. The van der Waals surface area contributed by atoms with Crippen LogP contribution in [0.4, 0.5) is 0 Å². The van der Waals surface area contributed by atoms with Crippen LogP contribution in [0.2, 0.25) is 5.02 Å². The second-order valence-electron chi connectivity index (χ2n) is 3.27. The zero-order chi connectivity index (χ0) is 10.9. The third-order valence-corrected chi connectivity index (χ3v) is 2.28. The van der Waals surface area contributed by atoms with Crippen molar-refractivity contribution in [3.63, 3.8) is 0 Å². The van der Waals surface area contributed by atoms with Gasteiger partial charge in [-0.3, -0.25) is 4.79 Å². The maximum Gasteiger partial charge on any atom is 0.179 e. The van der Waals surface area contributed by atoms with E-state index in [1.165, 1.54) is 6.07 Å². The van der Waals surface area contributed by atoms with Gasteiger partial charge >= 0.3 is 0 Å². The first-order chi connectivity index (χ1) is 6.43. The summed E-state index contributed by atoms with van der Waals surface area (Å²) < 4.78 is 0. The summed E-state index contributed by atoms with van der Waals surface area (Å²) in [7, 11) is 0. The summed E-state index contributed by atoms with van der Waals surface area (Å²) >= 11 is 5.68. The monoisotopic (exact) mass is 213 g/mol. The normalized spacial score (nSPS) is 12.6. The number of aromatic hydroxyl groups is 1. The van der Waals surface area contributed by atoms with E-state index in [0.717, 1.165) is 5.56 Å². The van der Waals surface area contributed by atoms with Crippen molar-refractivity contribution in [1.82, 2.24) is 0 Å². The van der Waals surface area contributed by atoms with E-state index in [1.807, 2.05) is 0 Å². The predicted molar refractivity (Wildman–Crippen MR) is 55.8 cm³/mol. The first-order valence-corrected chi connectivity index (χ1v) is 4.60. The number of phenols is 1. The second-order valence-corrected chi connectivity index (χ2v) is 3.68. The van der Waals surface area contributed by atoms with Crippen LogP contribution in [-0.4, -0.2) is 16.9 Å². The van der Waals surface area contributed by atoms with E-state index in [0.29, 0.717) is 5.56 Å². The summed E-state index contributed by atoms with van der Waals surface area (Å²) in [6, 6.07) is 2.32. The van der Waals surface area contributed by atoms with Crippen LogP contribution in [0.5, 0.6) is 5.75 Å². The van der Waals surface area contributed by atoms with Gasteiger partial charge < -0.3 is 10.8 Å². The first-order valence-electron chi connectivity index (χ1n) is 4.22. The van der Waals surface area contributed by atoms with Gasteiger partial charge in [0.15, 0.2) is 5.78 Å². The molecule has 3 nitrogen and oxygen atoms in total. The van der Waals surface area contributed by atoms with Crippen molar-refractivity contribution in [2.24, 2.45) is 5.73 Å². The summed E-state index contributed by atoms with van der Waals surface area (Å²) in [4.78, 5) is 11.5. The van der Waals surface area contributed by atoms with Crippen LogP contribution in [0.1, 0.15) is 22.8 Å². The van der Waals surface area contributed by atoms with Crippen molar-refractivity contribution < 1.29 is 9.90 Å². The standard InChI is InChI=1S/C10H12ClNO2/c1-5-3-8(11)9(13)4-7(5)10(14)6(2)12/h3-4,6,13H,12H2,1-2H3. The summed E-state index contributed by atoms with van der Waals surface area (Å²) in [5.41, 5.74) is 6.60. The van der Waals surface area contributed by atoms with E-state index in [4.69, 9.17) is 17.3 Å². The Labute approximate surface area is 87.5 Å². The number of hydrogen-bond donors (Lipinski definition) is 2. The number of carbonyl (C=O) groups is 1. The molecule has 14 heavy (non-hydrogen) atoms. The molecular weight excluding hydrogens is 202 g/mol. The van der Waals surface area contributed by atoms with Crippen LogP contribution < -0.4 is 5.73 Å². The first kappa shape index (κ1) is 11.0. The van der Waals surface area contributed by atoms with Gasteiger partial charge in [0.1, 0.15) is 5.75 Å². The van der Waals surface area contributed by atoms with Crippen LogP contribution >= 0.6 is 11.6 Å². The Hall–Kier alpha value is -1.06. The highest BCUT2D eigenvalue weighted by molar-refractivity contribution is 6.32. The molecule has 0 aliphatic rings. The van der Waals surface area contributed by atoms with Crippen LogP contribution in [0.3, 0.4) is 0 Å². The SMILES string of the molecule is Cc1cc(Cl)c(O)cc1C(=O)C(C)N. The van der Waals surface area contributed by atoms with Crippen molar-refractivity contribution in [2.75, 3.05) is 0 Å². The number of ketones is 1. The molecule has 0 heterocycles. The minimum absolute atomic E-state index is 0.0960. The quantitative estimate of drug-likeness (QED) is 0.738. The molecule has 0 amide bonds. The molecule has 0 bridgehead atoms. The highest BCUT2D eigenvalue weighted by Crippen LogP contribution is 2.27. The fourth-order valence-corrected chi connectivity index (χ4v) is 1.39. The number of carbonyl (C=O) groups excluding carboxylic acids is 1. The Balaban J connectivity index is 3.22. The highest BCUT2D eigenvalue weighted by atomic mass is 35.5. The number of hydrogen-bond acceptors (Lipinski definition) is 3. The van der Waals surface area contributed by atoms with Gasteiger partial charge in [-0.05, 0) is 31.5 Å². The molecule has 0 aromatic heterocycles. The number of benzene rings is 1. The molecule has 0 radical (unpaired) electrons.